The highest BCUT2D eigenvalue weighted by Gasteiger charge is 2.22. The summed E-state index contributed by atoms with van der Waals surface area (Å²) in [6.45, 7) is 0. The fourth-order valence-electron chi connectivity index (χ4n) is 3.01. The van der Waals surface area contributed by atoms with Crippen molar-refractivity contribution in [1.82, 2.24) is 9.97 Å². The number of rotatable bonds is 5. The van der Waals surface area contributed by atoms with Gasteiger partial charge in [0.05, 0.1) is 18.4 Å². The predicted molar refractivity (Wildman–Crippen MR) is 115 cm³/mol. The standard InChI is InChI=1S/C22H17FN4O4S/c1-31-19(28)7-2-12-10-24-22(25-11-12)27-20(29)13-3-5-18-16(8-13)26-21(30)15-9-14(23)4-6-17(15)32-18/h3-6,8-11H,2,7H2,1H3,(H,26,30)(H,24,25,27,29). The molecule has 0 unspecified atom stereocenters. The van der Waals surface area contributed by atoms with Crippen molar-refractivity contribution in [2.45, 2.75) is 22.6 Å². The maximum atomic E-state index is 13.6. The van der Waals surface area contributed by atoms with Gasteiger partial charge in [0.1, 0.15) is 5.82 Å². The van der Waals surface area contributed by atoms with Crippen molar-refractivity contribution in [1.29, 1.82) is 0 Å². The number of nitrogens with zero attached hydrogens (tertiary/aromatic N) is 2. The zero-order valence-electron chi connectivity index (χ0n) is 16.8. The molecule has 2 aromatic carbocycles. The number of aromatic nitrogens is 2. The number of ether oxygens (including phenoxy) is 1. The molecule has 2 N–H and O–H groups in total. The maximum Gasteiger partial charge on any atom is 0.305 e. The van der Waals surface area contributed by atoms with Gasteiger partial charge < -0.3 is 10.1 Å². The molecular formula is C22H17FN4O4S. The van der Waals surface area contributed by atoms with E-state index in [-0.39, 0.29) is 23.9 Å². The molecule has 0 radical (unpaired) electrons. The van der Waals surface area contributed by atoms with E-state index in [1.54, 1.807) is 24.3 Å². The minimum Gasteiger partial charge on any atom is -0.469 e. The first-order chi connectivity index (χ1) is 15.4. The van der Waals surface area contributed by atoms with Crippen LogP contribution < -0.4 is 10.6 Å². The van der Waals surface area contributed by atoms with E-state index < -0.39 is 17.6 Å². The van der Waals surface area contributed by atoms with Gasteiger partial charge in [-0.2, -0.15) is 0 Å². The van der Waals surface area contributed by atoms with E-state index in [0.29, 0.717) is 22.6 Å². The van der Waals surface area contributed by atoms with Gasteiger partial charge in [-0.1, -0.05) is 11.8 Å². The molecule has 2 heterocycles. The summed E-state index contributed by atoms with van der Waals surface area (Å²) in [6, 6.07) is 8.91. The van der Waals surface area contributed by atoms with Crippen molar-refractivity contribution in [3.63, 3.8) is 0 Å². The number of fused-ring (bicyclic) bond motifs is 2. The minimum atomic E-state index is -0.498. The molecule has 8 nitrogen and oxygen atoms in total. The predicted octanol–water partition coefficient (Wildman–Crippen LogP) is 3.69. The second-order valence-electron chi connectivity index (χ2n) is 6.85. The van der Waals surface area contributed by atoms with Crippen molar-refractivity contribution >= 4 is 41.2 Å². The Bertz CT molecular complexity index is 1220. The van der Waals surface area contributed by atoms with Crippen LogP contribution in [-0.2, 0) is 16.0 Å². The number of benzene rings is 2. The summed E-state index contributed by atoms with van der Waals surface area (Å²) < 4.78 is 18.1. The number of carbonyl (C=O) groups excluding carboxylic acids is 3. The van der Waals surface area contributed by atoms with E-state index in [4.69, 9.17) is 0 Å². The number of hydrogen-bond donors (Lipinski definition) is 2. The monoisotopic (exact) mass is 452 g/mol. The molecule has 0 atom stereocenters. The van der Waals surface area contributed by atoms with Gasteiger partial charge in [-0.05, 0) is 48.4 Å². The Labute approximate surface area is 186 Å². The highest BCUT2D eigenvalue weighted by molar-refractivity contribution is 7.99. The molecule has 0 saturated carbocycles. The molecule has 162 valence electrons. The van der Waals surface area contributed by atoms with Crippen LogP contribution in [0.4, 0.5) is 16.0 Å². The normalized spacial score (nSPS) is 12.1. The zero-order valence-corrected chi connectivity index (χ0v) is 17.7. The van der Waals surface area contributed by atoms with Gasteiger partial charge in [-0.3, -0.25) is 19.7 Å². The number of aryl methyl sites for hydroxylation is 1. The maximum absolute atomic E-state index is 13.6. The highest BCUT2D eigenvalue weighted by Crippen LogP contribution is 2.39. The van der Waals surface area contributed by atoms with Crippen LogP contribution in [0.5, 0.6) is 0 Å². The van der Waals surface area contributed by atoms with Crippen molar-refractivity contribution in [2.75, 3.05) is 17.7 Å². The number of anilines is 2. The molecular weight excluding hydrogens is 435 g/mol. The third-order valence-corrected chi connectivity index (χ3v) is 5.82. The Morgan fingerprint density at radius 3 is 2.62 bits per heavy atom. The van der Waals surface area contributed by atoms with Crippen LogP contribution in [-0.4, -0.2) is 34.9 Å². The molecule has 1 aliphatic rings. The first-order valence-electron chi connectivity index (χ1n) is 9.55. The molecule has 3 aromatic rings. The Balaban J connectivity index is 1.47. The van der Waals surface area contributed by atoms with E-state index in [0.717, 1.165) is 10.5 Å². The SMILES string of the molecule is COC(=O)CCc1cnc(NC(=O)c2ccc3c(c2)NC(=O)c2cc(F)ccc2S3)nc1. The molecule has 1 aliphatic heterocycles. The lowest BCUT2D eigenvalue weighted by atomic mass is 10.1. The average Bonchev–Trinajstić information content (AvgIpc) is 2.93. The second kappa shape index (κ2) is 9.15. The van der Waals surface area contributed by atoms with Crippen LogP contribution in [0.1, 0.15) is 32.7 Å². The summed E-state index contributed by atoms with van der Waals surface area (Å²) in [5, 5.41) is 5.32. The van der Waals surface area contributed by atoms with E-state index in [2.05, 4.69) is 25.3 Å². The lowest BCUT2D eigenvalue weighted by Crippen LogP contribution is -2.16. The molecule has 0 fully saturated rings. The summed E-state index contributed by atoms with van der Waals surface area (Å²) in [7, 11) is 1.32. The summed E-state index contributed by atoms with van der Waals surface area (Å²) in [5.41, 5.74) is 1.70. The Morgan fingerprint density at radius 2 is 1.88 bits per heavy atom. The van der Waals surface area contributed by atoms with Gasteiger partial charge in [0.2, 0.25) is 5.95 Å². The van der Waals surface area contributed by atoms with Crippen LogP contribution in [0, 0.1) is 5.82 Å². The minimum absolute atomic E-state index is 0.105. The third-order valence-electron chi connectivity index (χ3n) is 4.67. The molecule has 0 spiro atoms. The second-order valence-corrected chi connectivity index (χ2v) is 7.94. The van der Waals surface area contributed by atoms with E-state index in [9.17, 15) is 18.8 Å². The van der Waals surface area contributed by atoms with Crippen molar-refractivity contribution in [2.24, 2.45) is 0 Å². The van der Waals surface area contributed by atoms with Gasteiger partial charge in [0.25, 0.3) is 11.8 Å². The molecule has 2 amide bonds. The van der Waals surface area contributed by atoms with Gasteiger partial charge in [-0.15, -0.1) is 0 Å². The van der Waals surface area contributed by atoms with Gasteiger partial charge in [0.15, 0.2) is 0 Å². The number of nitrogens with one attached hydrogen (secondary N) is 2. The first-order valence-corrected chi connectivity index (χ1v) is 10.4. The topological polar surface area (TPSA) is 110 Å². The van der Waals surface area contributed by atoms with Crippen molar-refractivity contribution in [3.05, 3.63) is 71.3 Å². The number of halogens is 1. The fraction of sp³-hybridized carbons (Fsp3) is 0.136. The third kappa shape index (κ3) is 4.75. The molecule has 0 saturated heterocycles. The Morgan fingerprint density at radius 1 is 1.12 bits per heavy atom. The molecule has 0 bridgehead atoms. The summed E-state index contributed by atoms with van der Waals surface area (Å²) in [5.74, 6) is -1.63. The van der Waals surface area contributed by atoms with Gasteiger partial charge >= 0.3 is 5.97 Å². The van der Waals surface area contributed by atoms with Gasteiger partial charge in [-0.25, -0.2) is 14.4 Å². The Kier molecular flexibility index (Phi) is 6.13. The van der Waals surface area contributed by atoms with Crippen LogP contribution in [0.2, 0.25) is 0 Å². The van der Waals surface area contributed by atoms with Crippen LogP contribution >= 0.6 is 11.8 Å². The quantitative estimate of drug-likeness (QED) is 0.568. The first kappa shape index (κ1) is 21.4. The number of carbonyl (C=O) groups is 3. The van der Waals surface area contributed by atoms with E-state index in [1.165, 1.54) is 43.4 Å². The fourth-order valence-corrected chi connectivity index (χ4v) is 4.00. The molecule has 32 heavy (non-hydrogen) atoms. The summed E-state index contributed by atoms with van der Waals surface area (Å²) in [4.78, 5) is 45.9. The molecule has 1 aromatic heterocycles. The number of methoxy groups -OCH3 is 1. The Hall–Kier alpha value is -3.79. The largest absolute Gasteiger partial charge is 0.469 e. The van der Waals surface area contributed by atoms with Crippen LogP contribution in [0.15, 0.2) is 58.6 Å². The molecule has 10 heteroatoms. The number of amides is 2. The number of esters is 1. The van der Waals surface area contributed by atoms with Crippen LogP contribution in [0.25, 0.3) is 0 Å². The average molecular weight is 452 g/mol. The van der Waals surface area contributed by atoms with E-state index in [1.807, 2.05) is 0 Å². The number of hydrogen-bond acceptors (Lipinski definition) is 7. The smallest absolute Gasteiger partial charge is 0.305 e. The summed E-state index contributed by atoms with van der Waals surface area (Å²) >= 11 is 1.31. The summed E-state index contributed by atoms with van der Waals surface area (Å²) in [6.07, 6.45) is 3.68. The van der Waals surface area contributed by atoms with E-state index >= 15 is 0 Å². The van der Waals surface area contributed by atoms with Crippen LogP contribution in [0.3, 0.4) is 0 Å². The zero-order chi connectivity index (χ0) is 22.7. The highest BCUT2D eigenvalue weighted by atomic mass is 32.2. The molecule has 4 rings (SSSR count). The van der Waals surface area contributed by atoms with Crippen molar-refractivity contribution in [3.8, 4) is 0 Å². The van der Waals surface area contributed by atoms with Gasteiger partial charge in [0, 0.05) is 34.2 Å². The lowest BCUT2D eigenvalue weighted by Gasteiger charge is -2.09. The molecule has 0 aliphatic carbocycles. The van der Waals surface area contributed by atoms with Crippen molar-refractivity contribution < 1.29 is 23.5 Å². The lowest BCUT2D eigenvalue weighted by molar-refractivity contribution is -0.140.